The minimum atomic E-state index is -0.338. The van der Waals surface area contributed by atoms with Crippen molar-refractivity contribution in [3.63, 3.8) is 0 Å². The summed E-state index contributed by atoms with van der Waals surface area (Å²) in [7, 11) is 0. The lowest BCUT2D eigenvalue weighted by Gasteiger charge is -2.19. The maximum Gasteiger partial charge on any atom is 0.410 e. The van der Waals surface area contributed by atoms with Gasteiger partial charge in [0.2, 0.25) is 0 Å². The second-order valence-corrected chi connectivity index (χ2v) is 6.12. The minimum absolute atomic E-state index is 0.121. The number of hydrogen-bond acceptors (Lipinski definition) is 4. The third-order valence-electron chi connectivity index (χ3n) is 4.25. The smallest absolute Gasteiger partial charge is 0.410 e. The highest BCUT2D eigenvalue weighted by molar-refractivity contribution is 5.93. The van der Waals surface area contributed by atoms with Crippen LogP contribution in [0.3, 0.4) is 0 Å². The number of benzene rings is 1. The fourth-order valence-electron chi connectivity index (χ4n) is 2.75. The zero-order valence-corrected chi connectivity index (χ0v) is 14.5. The SMILES string of the molecule is O=C(NCC1CCN(C(=O)OCc2ccccc2)CCO1)c1cc[nH]c1. The molecule has 1 aliphatic rings. The molecule has 1 unspecified atom stereocenters. The molecule has 2 aromatic rings. The molecule has 1 atom stereocenters. The summed E-state index contributed by atoms with van der Waals surface area (Å²) in [6, 6.07) is 11.3. The van der Waals surface area contributed by atoms with Gasteiger partial charge in [0.15, 0.2) is 0 Å². The van der Waals surface area contributed by atoms with Crippen LogP contribution in [0.1, 0.15) is 22.3 Å². The van der Waals surface area contributed by atoms with Gasteiger partial charge in [-0.3, -0.25) is 4.79 Å². The molecule has 3 rings (SSSR count). The molecule has 1 fully saturated rings. The molecule has 1 aliphatic heterocycles. The number of aromatic amines is 1. The molecule has 2 N–H and O–H groups in total. The van der Waals surface area contributed by atoms with Crippen molar-refractivity contribution >= 4 is 12.0 Å². The topological polar surface area (TPSA) is 83.7 Å². The fraction of sp³-hybridized carbons (Fsp3) is 0.368. The van der Waals surface area contributed by atoms with Crippen LogP contribution < -0.4 is 5.32 Å². The summed E-state index contributed by atoms with van der Waals surface area (Å²) in [4.78, 5) is 28.7. The van der Waals surface area contributed by atoms with Gasteiger partial charge >= 0.3 is 6.09 Å². The number of aromatic nitrogens is 1. The van der Waals surface area contributed by atoms with Crippen LogP contribution >= 0.6 is 0 Å². The Labute approximate surface area is 152 Å². The average molecular weight is 357 g/mol. The summed E-state index contributed by atoms with van der Waals surface area (Å²) in [5, 5.41) is 2.85. The normalized spacial score (nSPS) is 17.4. The lowest BCUT2D eigenvalue weighted by atomic mass is 10.2. The number of carbonyl (C=O) groups excluding carboxylic acids is 2. The van der Waals surface area contributed by atoms with Crippen molar-refractivity contribution in [2.75, 3.05) is 26.2 Å². The van der Waals surface area contributed by atoms with Gasteiger partial charge in [0.25, 0.3) is 5.91 Å². The standard InChI is InChI=1S/C19H23N3O4/c23-18(16-6-8-20-12-16)21-13-17-7-9-22(10-11-25-17)19(24)26-14-15-4-2-1-3-5-15/h1-6,8,12,17,20H,7,9-11,13-14H2,(H,21,23). The summed E-state index contributed by atoms with van der Waals surface area (Å²) in [6.07, 6.45) is 3.54. The van der Waals surface area contributed by atoms with Crippen LogP contribution in [-0.2, 0) is 16.1 Å². The number of rotatable bonds is 5. The van der Waals surface area contributed by atoms with Crippen molar-refractivity contribution < 1.29 is 19.1 Å². The van der Waals surface area contributed by atoms with E-state index in [-0.39, 0.29) is 24.7 Å². The molecule has 138 valence electrons. The van der Waals surface area contributed by atoms with Gasteiger partial charge in [-0.2, -0.15) is 0 Å². The highest BCUT2D eigenvalue weighted by Gasteiger charge is 2.22. The zero-order chi connectivity index (χ0) is 18.2. The van der Waals surface area contributed by atoms with Gasteiger partial charge in [-0.1, -0.05) is 30.3 Å². The van der Waals surface area contributed by atoms with E-state index in [2.05, 4.69) is 10.3 Å². The van der Waals surface area contributed by atoms with E-state index in [1.165, 1.54) is 0 Å². The minimum Gasteiger partial charge on any atom is -0.445 e. The van der Waals surface area contributed by atoms with E-state index in [1.54, 1.807) is 23.4 Å². The molecule has 1 saturated heterocycles. The highest BCUT2D eigenvalue weighted by atomic mass is 16.6. The number of ether oxygens (including phenoxy) is 2. The van der Waals surface area contributed by atoms with E-state index in [9.17, 15) is 9.59 Å². The lowest BCUT2D eigenvalue weighted by molar-refractivity contribution is 0.0569. The second kappa shape index (κ2) is 9.05. The molecule has 0 bridgehead atoms. The van der Waals surface area contributed by atoms with Crippen molar-refractivity contribution in [2.24, 2.45) is 0 Å². The number of hydrogen-bond donors (Lipinski definition) is 2. The number of nitrogens with one attached hydrogen (secondary N) is 2. The van der Waals surface area contributed by atoms with Crippen molar-refractivity contribution in [2.45, 2.75) is 19.1 Å². The first-order valence-electron chi connectivity index (χ1n) is 8.70. The Morgan fingerprint density at radius 3 is 2.85 bits per heavy atom. The number of H-pyrrole nitrogens is 1. The number of amides is 2. The highest BCUT2D eigenvalue weighted by Crippen LogP contribution is 2.10. The Balaban J connectivity index is 1.41. The third-order valence-corrected chi connectivity index (χ3v) is 4.25. The Bertz CT molecular complexity index is 703. The summed E-state index contributed by atoms with van der Waals surface area (Å²) in [5.74, 6) is -0.141. The summed E-state index contributed by atoms with van der Waals surface area (Å²) < 4.78 is 11.1. The van der Waals surface area contributed by atoms with Gasteiger partial charge in [0.1, 0.15) is 6.61 Å². The van der Waals surface area contributed by atoms with Crippen molar-refractivity contribution in [3.8, 4) is 0 Å². The average Bonchev–Trinajstić information content (AvgIpc) is 3.11. The van der Waals surface area contributed by atoms with Crippen LogP contribution in [-0.4, -0.2) is 54.2 Å². The van der Waals surface area contributed by atoms with E-state index in [4.69, 9.17) is 9.47 Å². The summed E-state index contributed by atoms with van der Waals surface area (Å²) >= 11 is 0. The molecular formula is C19H23N3O4. The molecule has 2 amide bonds. The van der Waals surface area contributed by atoms with Crippen LogP contribution in [0.25, 0.3) is 0 Å². The van der Waals surface area contributed by atoms with Gasteiger partial charge in [-0.25, -0.2) is 4.79 Å². The number of nitrogens with zero attached hydrogens (tertiary/aromatic N) is 1. The molecular weight excluding hydrogens is 334 g/mol. The van der Waals surface area contributed by atoms with Crippen LogP contribution in [0.5, 0.6) is 0 Å². The van der Waals surface area contributed by atoms with E-state index in [0.717, 1.165) is 5.56 Å². The van der Waals surface area contributed by atoms with E-state index in [1.807, 2.05) is 30.3 Å². The Hall–Kier alpha value is -2.80. The van der Waals surface area contributed by atoms with Crippen molar-refractivity contribution in [1.29, 1.82) is 0 Å². The molecule has 7 nitrogen and oxygen atoms in total. The Morgan fingerprint density at radius 2 is 2.08 bits per heavy atom. The van der Waals surface area contributed by atoms with Gasteiger partial charge in [-0.15, -0.1) is 0 Å². The summed E-state index contributed by atoms with van der Waals surface area (Å²) in [6.45, 7) is 2.11. The first-order chi connectivity index (χ1) is 12.7. The molecule has 0 saturated carbocycles. The first-order valence-corrected chi connectivity index (χ1v) is 8.70. The Kier molecular flexibility index (Phi) is 6.27. The molecule has 1 aromatic heterocycles. The van der Waals surface area contributed by atoms with Crippen LogP contribution in [0.4, 0.5) is 4.79 Å². The molecule has 0 aliphatic carbocycles. The van der Waals surface area contributed by atoms with Crippen molar-refractivity contribution in [1.82, 2.24) is 15.2 Å². The van der Waals surface area contributed by atoms with Gasteiger partial charge in [0, 0.05) is 32.0 Å². The maximum absolute atomic E-state index is 12.2. The van der Waals surface area contributed by atoms with Gasteiger partial charge in [0.05, 0.1) is 18.3 Å². The summed E-state index contributed by atoms with van der Waals surface area (Å²) in [5.41, 5.74) is 1.54. The molecule has 1 aromatic carbocycles. The molecule has 26 heavy (non-hydrogen) atoms. The predicted molar refractivity (Wildman–Crippen MR) is 95.7 cm³/mol. The molecule has 0 radical (unpaired) electrons. The third kappa shape index (κ3) is 5.10. The van der Waals surface area contributed by atoms with Gasteiger partial charge in [-0.05, 0) is 18.1 Å². The van der Waals surface area contributed by atoms with E-state index in [0.29, 0.717) is 38.2 Å². The Morgan fingerprint density at radius 1 is 1.23 bits per heavy atom. The van der Waals surface area contributed by atoms with E-state index >= 15 is 0 Å². The van der Waals surface area contributed by atoms with E-state index < -0.39 is 0 Å². The van der Waals surface area contributed by atoms with Crippen LogP contribution in [0.15, 0.2) is 48.8 Å². The molecule has 0 spiro atoms. The second-order valence-electron chi connectivity index (χ2n) is 6.12. The molecule has 2 heterocycles. The predicted octanol–water partition coefficient (Wildman–Crippen LogP) is 2.17. The quantitative estimate of drug-likeness (QED) is 0.859. The maximum atomic E-state index is 12.2. The fourth-order valence-corrected chi connectivity index (χ4v) is 2.75. The number of carbonyl (C=O) groups is 2. The van der Waals surface area contributed by atoms with Crippen molar-refractivity contribution in [3.05, 3.63) is 59.9 Å². The lowest BCUT2D eigenvalue weighted by Crippen LogP contribution is -2.35. The van der Waals surface area contributed by atoms with Gasteiger partial charge < -0.3 is 24.7 Å². The molecule has 7 heteroatoms. The largest absolute Gasteiger partial charge is 0.445 e. The van der Waals surface area contributed by atoms with Crippen LogP contribution in [0.2, 0.25) is 0 Å². The first kappa shape index (κ1) is 18.0. The zero-order valence-electron chi connectivity index (χ0n) is 14.5. The van der Waals surface area contributed by atoms with Crippen LogP contribution in [0, 0.1) is 0 Å². The monoisotopic (exact) mass is 357 g/mol.